The van der Waals surface area contributed by atoms with E-state index in [9.17, 15) is 23.1 Å². The standard InChI is InChI=1S/C15H25NO6S2/c1-3-16(12-4-9-24(20,21)10-12)13(17)11(2)22-14(18)15(19)5-7-23-8-6-15/h11-12,19H,3-10H2,1-2H3/t11-,12-/m0/s1. The summed E-state index contributed by atoms with van der Waals surface area (Å²) in [5.41, 5.74) is -1.52. The summed E-state index contributed by atoms with van der Waals surface area (Å²) in [6.07, 6.45) is -0.00527. The summed E-state index contributed by atoms with van der Waals surface area (Å²) < 4.78 is 28.5. The first-order valence-electron chi connectivity index (χ1n) is 8.20. The fraction of sp³-hybridized carbons (Fsp3) is 0.867. The number of rotatable bonds is 5. The second-order valence-electron chi connectivity index (χ2n) is 6.37. The van der Waals surface area contributed by atoms with Crippen molar-refractivity contribution < 1.29 is 27.9 Å². The SMILES string of the molecule is CCN(C(=O)[C@H](C)OC(=O)C1(O)CCSCC1)[C@H]1CCS(=O)(=O)C1. The van der Waals surface area contributed by atoms with Crippen LogP contribution >= 0.6 is 11.8 Å². The number of hydrogen-bond donors (Lipinski definition) is 1. The highest BCUT2D eigenvalue weighted by molar-refractivity contribution is 7.99. The fourth-order valence-corrected chi connectivity index (χ4v) is 5.98. The molecule has 9 heteroatoms. The second kappa shape index (κ2) is 7.61. The van der Waals surface area contributed by atoms with Crippen molar-refractivity contribution >= 4 is 33.5 Å². The van der Waals surface area contributed by atoms with Gasteiger partial charge in [0, 0.05) is 12.6 Å². The van der Waals surface area contributed by atoms with Crippen LogP contribution in [0.3, 0.4) is 0 Å². The summed E-state index contributed by atoms with van der Waals surface area (Å²) in [5, 5.41) is 10.4. The molecular formula is C15H25NO6S2. The summed E-state index contributed by atoms with van der Waals surface area (Å²) in [4.78, 5) is 26.2. The van der Waals surface area contributed by atoms with Crippen LogP contribution in [0.1, 0.15) is 33.1 Å². The molecule has 0 aromatic rings. The molecule has 0 saturated carbocycles. The molecule has 2 heterocycles. The lowest BCUT2D eigenvalue weighted by molar-refractivity contribution is -0.176. The van der Waals surface area contributed by atoms with E-state index in [1.807, 2.05) is 0 Å². The predicted molar refractivity (Wildman–Crippen MR) is 91.5 cm³/mol. The Morgan fingerprint density at radius 1 is 1.38 bits per heavy atom. The lowest BCUT2D eigenvalue weighted by Gasteiger charge is -2.32. The number of esters is 1. The van der Waals surface area contributed by atoms with Crippen LogP contribution in [0.15, 0.2) is 0 Å². The summed E-state index contributed by atoms with van der Waals surface area (Å²) in [7, 11) is -3.10. The quantitative estimate of drug-likeness (QED) is 0.682. The number of hydrogen-bond acceptors (Lipinski definition) is 7. The Kier molecular flexibility index (Phi) is 6.19. The Labute approximate surface area is 147 Å². The Morgan fingerprint density at radius 3 is 2.50 bits per heavy atom. The largest absolute Gasteiger partial charge is 0.450 e. The highest BCUT2D eigenvalue weighted by Gasteiger charge is 2.42. The van der Waals surface area contributed by atoms with Gasteiger partial charge in [0.25, 0.3) is 5.91 Å². The molecule has 0 unspecified atom stereocenters. The van der Waals surface area contributed by atoms with E-state index in [0.717, 1.165) is 0 Å². The molecule has 0 spiro atoms. The zero-order valence-corrected chi connectivity index (χ0v) is 15.7. The maximum Gasteiger partial charge on any atom is 0.338 e. The first-order chi connectivity index (χ1) is 11.2. The van der Waals surface area contributed by atoms with Gasteiger partial charge in [-0.1, -0.05) is 0 Å². The topological polar surface area (TPSA) is 101 Å². The van der Waals surface area contributed by atoms with E-state index in [-0.39, 0.29) is 17.5 Å². The Bertz CT molecular complexity index is 585. The van der Waals surface area contributed by atoms with E-state index in [0.29, 0.717) is 37.3 Å². The number of nitrogens with zero attached hydrogens (tertiary/aromatic N) is 1. The molecule has 1 N–H and O–H groups in total. The third-order valence-electron chi connectivity index (χ3n) is 4.60. The third kappa shape index (κ3) is 4.43. The third-order valence-corrected chi connectivity index (χ3v) is 7.34. The fourth-order valence-electron chi connectivity index (χ4n) is 3.08. The van der Waals surface area contributed by atoms with Gasteiger partial charge in [-0.2, -0.15) is 11.8 Å². The molecule has 2 rings (SSSR count). The number of amides is 1. The molecular weight excluding hydrogens is 354 g/mol. The van der Waals surface area contributed by atoms with Gasteiger partial charge in [0.15, 0.2) is 21.5 Å². The van der Waals surface area contributed by atoms with E-state index in [1.165, 1.54) is 11.8 Å². The van der Waals surface area contributed by atoms with Gasteiger partial charge in [0.05, 0.1) is 11.5 Å². The molecule has 2 aliphatic rings. The molecule has 2 fully saturated rings. The van der Waals surface area contributed by atoms with Crippen molar-refractivity contribution in [3.05, 3.63) is 0 Å². The minimum atomic E-state index is -3.10. The molecule has 2 aliphatic heterocycles. The minimum Gasteiger partial charge on any atom is -0.450 e. The molecule has 0 radical (unpaired) electrons. The molecule has 1 amide bonds. The van der Waals surface area contributed by atoms with Crippen molar-refractivity contribution in [2.24, 2.45) is 0 Å². The lowest BCUT2D eigenvalue weighted by Crippen LogP contribution is -2.49. The van der Waals surface area contributed by atoms with Crippen LogP contribution in [-0.4, -0.2) is 77.6 Å². The van der Waals surface area contributed by atoms with Crippen LogP contribution in [0.2, 0.25) is 0 Å². The molecule has 2 atom stereocenters. The highest BCUT2D eigenvalue weighted by Crippen LogP contribution is 2.28. The number of thioether (sulfide) groups is 1. The van der Waals surface area contributed by atoms with E-state index in [4.69, 9.17) is 4.74 Å². The van der Waals surface area contributed by atoms with Crippen molar-refractivity contribution in [2.45, 2.75) is 50.9 Å². The summed E-state index contributed by atoms with van der Waals surface area (Å²) in [5.74, 6) is 0.200. The van der Waals surface area contributed by atoms with Crippen LogP contribution in [-0.2, 0) is 24.2 Å². The van der Waals surface area contributed by atoms with Crippen LogP contribution in [0.25, 0.3) is 0 Å². The van der Waals surface area contributed by atoms with Gasteiger partial charge >= 0.3 is 5.97 Å². The first kappa shape index (κ1) is 19.5. The van der Waals surface area contributed by atoms with Crippen LogP contribution in [0.5, 0.6) is 0 Å². The van der Waals surface area contributed by atoms with Gasteiger partial charge in [0.1, 0.15) is 0 Å². The molecule has 138 valence electrons. The van der Waals surface area contributed by atoms with Gasteiger partial charge in [0.2, 0.25) is 0 Å². The first-order valence-corrected chi connectivity index (χ1v) is 11.2. The van der Waals surface area contributed by atoms with E-state index >= 15 is 0 Å². The molecule has 24 heavy (non-hydrogen) atoms. The summed E-state index contributed by atoms with van der Waals surface area (Å²) in [6.45, 7) is 3.58. The smallest absolute Gasteiger partial charge is 0.338 e. The molecule has 0 bridgehead atoms. The number of ether oxygens (including phenoxy) is 1. The number of likely N-dealkylation sites (N-methyl/N-ethyl adjacent to an activating group) is 1. The van der Waals surface area contributed by atoms with Crippen molar-refractivity contribution in [1.82, 2.24) is 4.90 Å². The van der Waals surface area contributed by atoms with Crippen molar-refractivity contribution in [1.29, 1.82) is 0 Å². The van der Waals surface area contributed by atoms with E-state index in [1.54, 1.807) is 18.7 Å². The summed E-state index contributed by atoms with van der Waals surface area (Å²) >= 11 is 1.67. The molecule has 0 aliphatic carbocycles. The minimum absolute atomic E-state index is 0.0472. The van der Waals surface area contributed by atoms with Crippen molar-refractivity contribution in [2.75, 3.05) is 29.6 Å². The number of aliphatic hydroxyl groups is 1. The van der Waals surface area contributed by atoms with Gasteiger partial charge in [-0.3, -0.25) is 4.79 Å². The van der Waals surface area contributed by atoms with Crippen molar-refractivity contribution in [3.8, 4) is 0 Å². The summed E-state index contributed by atoms with van der Waals surface area (Å²) in [6, 6.07) is -0.372. The molecule has 2 saturated heterocycles. The van der Waals surface area contributed by atoms with Crippen LogP contribution in [0.4, 0.5) is 0 Å². The number of sulfone groups is 1. The van der Waals surface area contributed by atoms with E-state index < -0.39 is 33.4 Å². The van der Waals surface area contributed by atoms with Gasteiger partial charge in [-0.15, -0.1) is 0 Å². The lowest BCUT2D eigenvalue weighted by atomic mass is 9.97. The average Bonchev–Trinajstić information content (AvgIpc) is 2.88. The van der Waals surface area contributed by atoms with Gasteiger partial charge in [-0.25, -0.2) is 13.2 Å². The van der Waals surface area contributed by atoms with Gasteiger partial charge in [-0.05, 0) is 44.6 Å². The molecule has 0 aromatic heterocycles. The zero-order chi connectivity index (χ0) is 18.0. The van der Waals surface area contributed by atoms with Crippen molar-refractivity contribution in [3.63, 3.8) is 0 Å². The maximum atomic E-state index is 12.6. The average molecular weight is 380 g/mol. The van der Waals surface area contributed by atoms with Crippen LogP contribution < -0.4 is 0 Å². The Balaban J connectivity index is 1.98. The van der Waals surface area contributed by atoms with E-state index in [2.05, 4.69) is 0 Å². The normalized spacial score (nSPS) is 26.5. The zero-order valence-electron chi connectivity index (χ0n) is 14.1. The molecule has 7 nitrogen and oxygen atoms in total. The monoisotopic (exact) mass is 379 g/mol. The highest BCUT2D eigenvalue weighted by atomic mass is 32.2. The van der Waals surface area contributed by atoms with Gasteiger partial charge < -0.3 is 14.7 Å². The second-order valence-corrected chi connectivity index (χ2v) is 9.83. The predicted octanol–water partition coefficient (Wildman–Crippen LogP) is 0.212. The Morgan fingerprint density at radius 2 is 2.00 bits per heavy atom. The maximum absolute atomic E-state index is 12.6. The Hall–Kier alpha value is -0.800. The van der Waals surface area contributed by atoms with Crippen LogP contribution in [0, 0.1) is 0 Å². The number of carbonyl (C=O) groups is 2. The number of carbonyl (C=O) groups excluding carboxylic acids is 2. The molecule has 0 aromatic carbocycles.